The second-order valence-electron chi connectivity index (χ2n) is 5.61. The Hall–Kier alpha value is -1.39. The molecular formula is C15H24N4. The van der Waals surface area contributed by atoms with E-state index in [-0.39, 0.29) is 5.84 Å². The van der Waals surface area contributed by atoms with Gasteiger partial charge in [-0.2, -0.15) is 0 Å². The summed E-state index contributed by atoms with van der Waals surface area (Å²) in [5.41, 5.74) is 7.56. The molecule has 0 radical (unpaired) electrons. The number of piperidine rings is 1. The summed E-state index contributed by atoms with van der Waals surface area (Å²) in [6, 6.07) is 8.70. The van der Waals surface area contributed by atoms with Crippen LogP contribution in [0.3, 0.4) is 0 Å². The zero-order valence-electron chi connectivity index (χ0n) is 11.9. The molecule has 3 N–H and O–H groups in total. The lowest BCUT2D eigenvalue weighted by Crippen LogP contribution is -2.44. The van der Waals surface area contributed by atoms with Crippen LogP contribution in [-0.4, -0.2) is 48.9 Å². The second kappa shape index (κ2) is 6.17. The van der Waals surface area contributed by atoms with Gasteiger partial charge in [0.2, 0.25) is 0 Å². The van der Waals surface area contributed by atoms with Gasteiger partial charge in [-0.1, -0.05) is 24.3 Å². The van der Waals surface area contributed by atoms with Crippen LogP contribution in [0.1, 0.15) is 24.0 Å². The maximum atomic E-state index is 7.39. The molecule has 0 bridgehead atoms. The molecule has 1 saturated heterocycles. The number of benzene rings is 1. The SMILES string of the molecule is CN(C)C1CCCN(Cc2ccc(C(=N)N)cc2)C1. The van der Waals surface area contributed by atoms with Gasteiger partial charge in [-0.05, 0) is 39.0 Å². The van der Waals surface area contributed by atoms with E-state index in [4.69, 9.17) is 11.1 Å². The van der Waals surface area contributed by atoms with Gasteiger partial charge in [-0.3, -0.25) is 10.3 Å². The van der Waals surface area contributed by atoms with Crippen molar-refractivity contribution in [3.8, 4) is 0 Å². The highest BCUT2D eigenvalue weighted by Crippen LogP contribution is 2.16. The molecule has 1 atom stereocenters. The Balaban J connectivity index is 1.95. The Morgan fingerprint density at radius 3 is 2.63 bits per heavy atom. The standard InChI is InChI=1S/C15H24N4/c1-18(2)14-4-3-9-19(11-14)10-12-5-7-13(8-6-12)15(16)17/h5-8,14H,3-4,9-11H2,1-2H3,(H3,16,17). The minimum atomic E-state index is 0.136. The minimum Gasteiger partial charge on any atom is -0.384 e. The van der Waals surface area contributed by atoms with Gasteiger partial charge in [0, 0.05) is 24.7 Å². The predicted octanol–water partition coefficient (Wildman–Crippen LogP) is 1.50. The van der Waals surface area contributed by atoms with E-state index in [1.165, 1.54) is 24.9 Å². The Morgan fingerprint density at radius 1 is 1.37 bits per heavy atom. The number of nitrogen functional groups attached to an aromatic ring is 1. The number of hydrogen-bond acceptors (Lipinski definition) is 3. The van der Waals surface area contributed by atoms with Crippen LogP contribution >= 0.6 is 0 Å². The van der Waals surface area contributed by atoms with Crippen LogP contribution in [0.2, 0.25) is 0 Å². The predicted molar refractivity (Wildman–Crippen MR) is 79.4 cm³/mol. The van der Waals surface area contributed by atoms with Gasteiger partial charge in [0.05, 0.1) is 0 Å². The van der Waals surface area contributed by atoms with Crippen LogP contribution in [0.5, 0.6) is 0 Å². The number of nitrogens with one attached hydrogen (secondary N) is 1. The Bertz CT molecular complexity index is 424. The molecule has 1 aliphatic rings. The molecule has 1 fully saturated rings. The van der Waals surface area contributed by atoms with E-state index >= 15 is 0 Å². The molecular weight excluding hydrogens is 236 g/mol. The molecule has 0 spiro atoms. The van der Waals surface area contributed by atoms with Gasteiger partial charge in [0.25, 0.3) is 0 Å². The van der Waals surface area contributed by atoms with Gasteiger partial charge in [-0.15, -0.1) is 0 Å². The van der Waals surface area contributed by atoms with Crippen molar-refractivity contribution in [2.24, 2.45) is 5.73 Å². The summed E-state index contributed by atoms with van der Waals surface area (Å²) in [4.78, 5) is 4.84. The topological polar surface area (TPSA) is 56.4 Å². The van der Waals surface area contributed by atoms with E-state index in [0.717, 1.165) is 18.7 Å². The van der Waals surface area contributed by atoms with Crippen molar-refractivity contribution < 1.29 is 0 Å². The first-order chi connectivity index (χ1) is 9.06. The molecule has 0 amide bonds. The number of amidine groups is 1. The van der Waals surface area contributed by atoms with E-state index < -0.39 is 0 Å². The number of nitrogens with zero attached hydrogens (tertiary/aromatic N) is 2. The first kappa shape index (κ1) is 14.0. The van der Waals surface area contributed by atoms with Crippen molar-refractivity contribution in [3.05, 3.63) is 35.4 Å². The molecule has 1 aromatic carbocycles. The molecule has 0 aromatic heterocycles. The lowest BCUT2D eigenvalue weighted by atomic mass is 10.0. The largest absolute Gasteiger partial charge is 0.384 e. The summed E-state index contributed by atoms with van der Waals surface area (Å²) in [7, 11) is 4.33. The van der Waals surface area contributed by atoms with Gasteiger partial charge in [0.15, 0.2) is 0 Å². The van der Waals surface area contributed by atoms with Crippen LogP contribution in [0.4, 0.5) is 0 Å². The van der Waals surface area contributed by atoms with Crippen LogP contribution in [0.25, 0.3) is 0 Å². The summed E-state index contributed by atoms with van der Waals surface area (Å²) in [5, 5.41) is 7.39. The fourth-order valence-corrected chi connectivity index (χ4v) is 2.64. The Labute approximate surface area is 115 Å². The summed E-state index contributed by atoms with van der Waals surface area (Å²) in [5.74, 6) is 0.136. The molecule has 0 aliphatic carbocycles. The Morgan fingerprint density at radius 2 is 2.05 bits per heavy atom. The van der Waals surface area contributed by atoms with Crippen molar-refractivity contribution in [3.63, 3.8) is 0 Å². The van der Waals surface area contributed by atoms with E-state index in [1.54, 1.807) is 0 Å². The number of likely N-dealkylation sites (N-methyl/N-ethyl adjacent to an activating group) is 1. The third-order valence-electron chi connectivity index (χ3n) is 3.88. The monoisotopic (exact) mass is 260 g/mol. The number of hydrogen-bond donors (Lipinski definition) is 2. The maximum absolute atomic E-state index is 7.39. The summed E-state index contributed by atoms with van der Waals surface area (Å²) >= 11 is 0. The van der Waals surface area contributed by atoms with Crippen LogP contribution in [-0.2, 0) is 6.54 Å². The highest BCUT2D eigenvalue weighted by atomic mass is 15.2. The lowest BCUT2D eigenvalue weighted by Gasteiger charge is -2.36. The fraction of sp³-hybridized carbons (Fsp3) is 0.533. The molecule has 1 unspecified atom stereocenters. The molecule has 104 valence electrons. The second-order valence-corrected chi connectivity index (χ2v) is 5.61. The zero-order valence-corrected chi connectivity index (χ0v) is 11.9. The highest BCUT2D eigenvalue weighted by molar-refractivity contribution is 5.94. The molecule has 1 aromatic rings. The van der Waals surface area contributed by atoms with Crippen molar-refractivity contribution >= 4 is 5.84 Å². The summed E-state index contributed by atoms with van der Waals surface area (Å²) in [6.07, 6.45) is 2.57. The Kier molecular flexibility index (Phi) is 4.56. The molecule has 2 rings (SSSR count). The molecule has 0 saturated carbocycles. The van der Waals surface area contributed by atoms with Crippen molar-refractivity contribution in [2.75, 3.05) is 27.2 Å². The van der Waals surface area contributed by atoms with E-state index in [9.17, 15) is 0 Å². The average molecular weight is 260 g/mol. The third-order valence-corrected chi connectivity index (χ3v) is 3.88. The number of rotatable bonds is 4. The zero-order chi connectivity index (χ0) is 13.8. The third kappa shape index (κ3) is 3.78. The van der Waals surface area contributed by atoms with Crippen LogP contribution in [0, 0.1) is 5.41 Å². The van der Waals surface area contributed by atoms with Crippen LogP contribution in [0.15, 0.2) is 24.3 Å². The van der Waals surface area contributed by atoms with Crippen molar-refractivity contribution in [1.29, 1.82) is 5.41 Å². The van der Waals surface area contributed by atoms with E-state index in [2.05, 4.69) is 36.0 Å². The van der Waals surface area contributed by atoms with Gasteiger partial charge >= 0.3 is 0 Å². The fourth-order valence-electron chi connectivity index (χ4n) is 2.64. The van der Waals surface area contributed by atoms with Gasteiger partial charge in [0.1, 0.15) is 5.84 Å². The normalized spacial score (nSPS) is 20.7. The number of likely N-dealkylation sites (tertiary alicyclic amines) is 1. The summed E-state index contributed by atoms with van der Waals surface area (Å²) in [6.45, 7) is 3.31. The van der Waals surface area contributed by atoms with Gasteiger partial charge in [-0.25, -0.2) is 0 Å². The molecule has 19 heavy (non-hydrogen) atoms. The molecule has 1 aliphatic heterocycles. The van der Waals surface area contributed by atoms with Crippen LogP contribution < -0.4 is 5.73 Å². The minimum absolute atomic E-state index is 0.136. The first-order valence-corrected chi connectivity index (χ1v) is 6.88. The summed E-state index contributed by atoms with van der Waals surface area (Å²) < 4.78 is 0. The van der Waals surface area contributed by atoms with Gasteiger partial charge < -0.3 is 10.6 Å². The van der Waals surface area contributed by atoms with Crippen molar-refractivity contribution in [1.82, 2.24) is 9.80 Å². The first-order valence-electron chi connectivity index (χ1n) is 6.88. The van der Waals surface area contributed by atoms with E-state index in [1.807, 2.05) is 12.1 Å². The smallest absolute Gasteiger partial charge is 0.122 e. The molecule has 4 heteroatoms. The number of nitrogens with two attached hydrogens (primary N) is 1. The molecule has 4 nitrogen and oxygen atoms in total. The molecule has 1 heterocycles. The maximum Gasteiger partial charge on any atom is 0.122 e. The van der Waals surface area contributed by atoms with E-state index in [0.29, 0.717) is 6.04 Å². The highest BCUT2D eigenvalue weighted by Gasteiger charge is 2.21. The lowest BCUT2D eigenvalue weighted by molar-refractivity contribution is 0.128. The van der Waals surface area contributed by atoms with Crippen molar-refractivity contribution in [2.45, 2.75) is 25.4 Å². The average Bonchev–Trinajstić information content (AvgIpc) is 2.39. The quantitative estimate of drug-likeness (QED) is 0.637.